The van der Waals surface area contributed by atoms with Crippen molar-refractivity contribution in [2.24, 2.45) is 11.3 Å². The molecule has 0 saturated carbocycles. The molecule has 0 aromatic carbocycles. The van der Waals surface area contributed by atoms with Crippen LogP contribution in [0.25, 0.3) is 0 Å². The lowest BCUT2D eigenvalue weighted by Gasteiger charge is -2.26. The van der Waals surface area contributed by atoms with Gasteiger partial charge in [0.15, 0.2) is 0 Å². The van der Waals surface area contributed by atoms with Crippen molar-refractivity contribution >= 4 is 0 Å². The van der Waals surface area contributed by atoms with Gasteiger partial charge in [0.1, 0.15) is 0 Å². The number of unbranched alkanes of at least 4 members (excludes halogenated alkanes) is 2. The van der Waals surface area contributed by atoms with Gasteiger partial charge in [-0.3, -0.25) is 0 Å². The van der Waals surface area contributed by atoms with Crippen molar-refractivity contribution in [1.29, 1.82) is 0 Å². The fourth-order valence-corrected chi connectivity index (χ4v) is 2.35. The van der Waals surface area contributed by atoms with E-state index in [-0.39, 0.29) is 0 Å². The lowest BCUT2D eigenvalue weighted by atomic mass is 9.96. The van der Waals surface area contributed by atoms with E-state index in [1.807, 2.05) is 0 Å². The molecule has 0 radical (unpaired) electrons. The molecule has 0 N–H and O–H groups in total. The number of ether oxygens (including phenoxy) is 1. The molecular weight excluding hydrogens is 234 g/mol. The van der Waals surface area contributed by atoms with E-state index in [1.165, 1.54) is 45.2 Å². The summed E-state index contributed by atoms with van der Waals surface area (Å²) in [6, 6.07) is 0. The van der Waals surface area contributed by atoms with Crippen molar-refractivity contribution in [3.63, 3.8) is 0 Å². The zero-order valence-corrected chi connectivity index (χ0v) is 14.3. The molecule has 0 aromatic heterocycles. The third kappa shape index (κ3) is 15.9. The Morgan fingerprint density at radius 3 is 2.16 bits per heavy atom. The molecule has 0 heterocycles. The van der Waals surface area contributed by atoms with Gasteiger partial charge < -0.3 is 9.64 Å². The summed E-state index contributed by atoms with van der Waals surface area (Å²) in [7, 11) is 2.23. The summed E-state index contributed by atoms with van der Waals surface area (Å²) in [5, 5.41) is 0. The molecule has 0 rings (SSSR count). The van der Waals surface area contributed by atoms with Crippen LogP contribution in [0, 0.1) is 11.3 Å². The van der Waals surface area contributed by atoms with Gasteiger partial charge in [0.25, 0.3) is 0 Å². The van der Waals surface area contributed by atoms with E-state index in [1.54, 1.807) is 0 Å². The van der Waals surface area contributed by atoms with Crippen LogP contribution >= 0.6 is 0 Å². The Morgan fingerprint density at radius 1 is 0.947 bits per heavy atom. The van der Waals surface area contributed by atoms with Crippen molar-refractivity contribution in [2.45, 2.75) is 66.7 Å². The minimum Gasteiger partial charge on any atom is -0.381 e. The highest BCUT2D eigenvalue weighted by molar-refractivity contribution is 4.66. The number of hydrogen-bond donors (Lipinski definition) is 0. The molecule has 0 aliphatic carbocycles. The zero-order chi connectivity index (χ0) is 14.7. The third-order valence-electron chi connectivity index (χ3n) is 3.14. The molecule has 0 amide bonds. The van der Waals surface area contributed by atoms with Crippen LogP contribution in [0.4, 0.5) is 0 Å². The quantitative estimate of drug-likeness (QED) is 0.510. The highest BCUT2D eigenvalue weighted by Gasteiger charge is 2.12. The van der Waals surface area contributed by atoms with Crippen molar-refractivity contribution in [3.8, 4) is 0 Å². The summed E-state index contributed by atoms with van der Waals surface area (Å²) in [6.07, 6.45) is 6.30. The van der Waals surface area contributed by atoms with E-state index in [2.05, 4.69) is 46.6 Å². The Kier molecular flexibility index (Phi) is 10.6. The average molecular weight is 271 g/mol. The number of rotatable bonds is 11. The van der Waals surface area contributed by atoms with E-state index in [9.17, 15) is 0 Å². The minimum atomic E-state index is 0.411. The maximum atomic E-state index is 5.66. The normalized spacial score (nSPS) is 12.6. The SMILES string of the molecule is CC(C)CCCOCCCCCN(C)CC(C)(C)C. The number of nitrogens with zero attached hydrogens (tertiary/aromatic N) is 1. The van der Waals surface area contributed by atoms with Gasteiger partial charge in [-0.2, -0.15) is 0 Å². The van der Waals surface area contributed by atoms with Crippen LogP contribution in [0.2, 0.25) is 0 Å². The average Bonchev–Trinajstić information content (AvgIpc) is 2.24. The molecule has 0 atom stereocenters. The first-order valence-corrected chi connectivity index (χ1v) is 8.07. The highest BCUT2D eigenvalue weighted by Crippen LogP contribution is 2.14. The Bertz CT molecular complexity index is 196. The van der Waals surface area contributed by atoms with Gasteiger partial charge in [-0.05, 0) is 57.0 Å². The zero-order valence-electron chi connectivity index (χ0n) is 14.3. The van der Waals surface area contributed by atoms with Crippen molar-refractivity contribution < 1.29 is 4.74 Å². The van der Waals surface area contributed by atoms with Crippen molar-refractivity contribution in [1.82, 2.24) is 4.90 Å². The topological polar surface area (TPSA) is 12.5 Å². The van der Waals surface area contributed by atoms with Crippen LogP contribution in [0.3, 0.4) is 0 Å². The summed E-state index contributed by atoms with van der Waals surface area (Å²) in [5.74, 6) is 0.807. The fourth-order valence-electron chi connectivity index (χ4n) is 2.35. The second-order valence-corrected chi connectivity index (χ2v) is 7.51. The molecule has 2 nitrogen and oxygen atoms in total. The highest BCUT2D eigenvalue weighted by atomic mass is 16.5. The summed E-state index contributed by atoms with van der Waals surface area (Å²) in [4.78, 5) is 2.45. The summed E-state index contributed by atoms with van der Waals surface area (Å²) in [6.45, 7) is 15.7. The molecule has 0 spiro atoms. The second-order valence-electron chi connectivity index (χ2n) is 7.51. The minimum absolute atomic E-state index is 0.411. The molecule has 0 aliphatic heterocycles. The van der Waals surface area contributed by atoms with Crippen LogP contribution in [-0.4, -0.2) is 38.3 Å². The van der Waals surface area contributed by atoms with Gasteiger partial charge in [-0.25, -0.2) is 0 Å². The van der Waals surface area contributed by atoms with Crippen LogP contribution in [-0.2, 0) is 4.74 Å². The van der Waals surface area contributed by atoms with Gasteiger partial charge in [-0.15, -0.1) is 0 Å². The first-order chi connectivity index (χ1) is 8.81. The van der Waals surface area contributed by atoms with Gasteiger partial charge in [0.2, 0.25) is 0 Å². The first kappa shape index (κ1) is 18.9. The van der Waals surface area contributed by atoms with Crippen LogP contribution in [0.1, 0.15) is 66.7 Å². The van der Waals surface area contributed by atoms with Crippen LogP contribution < -0.4 is 0 Å². The second kappa shape index (κ2) is 10.7. The molecule has 19 heavy (non-hydrogen) atoms. The lowest BCUT2D eigenvalue weighted by Crippen LogP contribution is -2.30. The van der Waals surface area contributed by atoms with E-state index in [4.69, 9.17) is 4.74 Å². The van der Waals surface area contributed by atoms with Crippen molar-refractivity contribution in [2.75, 3.05) is 33.4 Å². The van der Waals surface area contributed by atoms with Crippen LogP contribution in [0.15, 0.2) is 0 Å². The van der Waals surface area contributed by atoms with Gasteiger partial charge in [0, 0.05) is 19.8 Å². The molecule has 0 bridgehead atoms. The molecule has 0 aliphatic rings. The smallest absolute Gasteiger partial charge is 0.0466 e. The Hall–Kier alpha value is -0.0800. The van der Waals surface area contributed by atoms with E-state index in [0.717, 1.165) is 19.1 Å². The predicted octanol–water partition coefficient (Wildman–Crippen LogP) is 4.59. The number of hydrogen-bond acceptors (Lipinski definition) is 2. The van der Waals surface area contributed by atoms with Crippen molar-refractivity contribution in [3.05, 3.63) is 0 Å². The third-order valence-corrected chi connectivity index (χ3v) is 3.14. The molecule has 0 aromatic rings. The summed E-state index contributed by atoms with van der Waals surface area (Å²) >= 11 is 0. The summed E-state index contributed by atoms with van der Waals surface area (Å²) < 4.78 is 5.66. The summed E-state index contributed by atoms with van der Waals surface area (Å²) in [5.41, 5.74) is 0.411. The van der Waals surface area contributed by atoms with E-state index >= 15 is 0 Å². The maximum Gasteiger partial charge on any atom is 0.0466 e. The van der Waals surface area contributed by atoms with Gasteiger partial charge in [0.05, 0.1) is 0 Å². The molecular formula is C17H37NO. The molecule has 116 valence electrons. The van der Waals surface area contributed by atoms with E-state index < -0.39 is 0 Å². The predicted molar refractivity (Wildman–Crippen MR) is 85.7 cm³/mol. The standard InChI is InChI=1S/C17H37NO/c1-16(2)11-10-14-19-13-9-7-8-12-18(6)15-17(3,4)5/h16H,7-15H2,1-6H3. The molecule has 0 unspecified atom stereocenters. The Labute approximate surface area is 121 Å². The lowest BCUT2D eigenvalue weighted by molar-refractivity contribution is 0.122. The molecule has 2 heteroatoms. The fraction of sp³-hybridized carbons (Fsp3) is 1.00. The van der Waals surface area contributed by atoms with Crippen LogP contribution in [0.5, 0.6) is 0 Å². The Balaban J connectivity index is 3.23. The first-order valence-electron chi connectivity index (χ1n) is 8.07. The van der Waals surface area contributed by atoms with Gasteiger partial charge in [-0.1, -0.05) is 34.6 Å². The largest absolute Gasteiger partial charge is 0.381 e. The monoisotopic (exact) mass is 271 g/mol. The molecule has 0 fully saturated rings. The van der Waals surface area contributed by atoms with E-state index in [0.29, 0.717) is 5.41 Å². The maximum absolute atomic E-state index is 5.66. The van der Waals surface area contributed by atoms with Gasteiger partial charge >= 0.3 is 0 Å². The Morgan fingerprint density at radius 2 is 1.58 bits per heavy atom. The molecule has 0 saturated heterocycles.